The van der Waals surface area contributed by atoms with Gasteiger partial charge in [-0.25, -0.2) is 0 Å². The van der Waals surface area contributed by atoms with Crippen LogP contribution >= 0.6 is 15.9 Å². The fourth-order valence-corrected chi connectivity index (χ4v) is 2.58. The molecule has 0 aliphatic heterocycles. The maximum atomic E-state index is 12.0. The maximum absolute atomic E-state index is 12.0. The Labute approximate surface area is 116 Å². The van der Waals surface area contributed by atoms with Crippen LogP contribution in [0.2, 0.25) is 0 Å². The largest absolute Gasteiger partial charge is 0.352 e. The third kappa shape index (κ3) is 3.82. The summed E-state index contributed by atoms with van der Waals surface area (Å²) < 4.78 is 1.05. The number of halogens is 1. The first-order chi connectivity index (χ1) is 8.65. The van der Waals surface area contributed by atoms with E-state index in [0.29, 0.717) is 12.6 Å². The van der Waals surface area contributed by atoms with E-state index in [1.54, 1.807) is 0 Å². The van der Waals surface area contributed by atoms with Gasteiger partial charge < -0.3 is 11.1 Å². The fraction of sp³-hybridized carbons (Fsp3) is 0.500. The van der Waals surface area contributed by atoms with E-state index in [1.165, 1.54) is 0 Å². The van der Waals surface area contributed by atoms with Crippen molar-refractivity contribution >= 4 is 21.8 Å². The van der Waals surface area contributed by atoms with E-state index in [0.717, 1.165) is 35.7 Å². The van der Waals surface area contributed by atoms with Gasteiger partial charge in [0.15, 0.2) is 0 Å². The Morgan fingerprint density at radius 2 is 1.83 bits per heavy atom. The molecule has 1 aromatic carbocycles. The Morgan fingerprint density at radius 3 is 2.44 bits per heavy atom. The van der Waals surface area contributed by atoms with Crippen molar-refractivity contribution in [1.82, 2.24) is 5.32 Å². The van der Waals surface area contributed by atoms with Crippen molar-refractivity contribution in [3.05, 3.63) is 34.3 Å². The van der Waals surface area contributed by atoms with Gasteiger partial charge in [-0.15, -0.1) is 0 Å². The van der Waals surface area contributed by atoms with Crippen LogP contribution in [0.3, 0.4) is 0 Å². The minimum absolute atomic E-state index is 0.153. The highest BCUT2D eigenvalue weighted by Gasteiger charge is 2.24. The average molecular weight is 311 g/mol. The maximum Gasteiger partial charge on any atom is 0.223 e. The van der Waals surface area contributed by atoms with Crippen molar-refractivity contribution < 1.29 is 4.79 Å². The first-order valence-corrected chi connectivity index (χ1v) is 7.22. The molecule has 4 heteroatoms. The predicted octanol–water partition coefficient (Wildman–Crippen LogP) is 2.58. The third-order valence-electron chi connectivity index (χ3n) is 3.52. The second kappa shape index (κ2) is 6.34. The van der Waals surface area contributed by atoms with Crippen LogP contribution in [0.1, 0.15) is 31.2 Å². The third-order valence-corrected chi connectivity index (χ3v) is 4.05. The molecule has 1 aliphatic carbocycles. The van der Waals surface area contributed by atoms with Gasteiger partial charge in [-0.05, 0) is 43.4 Å². The van der Waals surface area contributed by atoms with Crippen LogP contribution in [0, 0.1) is 5.92 Å². The molecule has 0 bridgehead atoms. The number of amides is 1. The highest BCUT2D eigenvalue weighted by molar-refractivity contribution is 9.10. The van der Waals surface area contributed by atoms with E-state index in [-0.39, 0.29) is 11.8 Å². The van der Waals surface area contributed by atoms with Crippen molar-refractivity contribution in [2.24, 2.45) is 11.7 Å². The standard InChI is InChI=1S/C14H19BrN2O/c15-12-5-1-10(2-6-12)9-17-14(18)11-3-7-13(16)8-4-11/h1-2,5-6,11,13H,3-4,7-9,16H2,(H,17,18). The summed E-state index contributed by atoms with van der Waals surface area (Å²) in [7, 11) is 0. The molecule has 0 aromatic heterocycles. The van der Waals surface area contributed by atoms with E-state index in [2.05, 4.69) is 21.2 Å². The number of nitrogens with two attached hydrogens (primary N) is 1. The highest BCUT2D eigenvalue weighted by atomic mass is 79.9. The predicted molar refractivity (Wildman–Crippen MR) is 75.9 cm³/mol. The first kappa shape index (κ1) is 13.6. The van der Waals surface area contributed by atoms with E-state index >= 15 is 0 Å². The molecule has 1 aliphatic rings. The second-order valence-corrected chi connectivity index (χ2v) is 5.87. The summed E-state index contributed by atoms with van der Waals surface area (Å²) >= 11 is 3.39. The van der Waals surface area contributed by atoms with Crippen molar-refractivity contribution in [2.45, 2.75) is 38.3 Å². The number of nitrogens with one attached hydrogen (secondary N) is 1. The van der Waals surface area contributed by atoms with Crippen molar-refractivity contribution in [2.75, 3.05) is 0 Å². The number of carbonyl (C=O) groups is 1. The molecule has 0 spiro atoms. The zero-order chi connectivity index (χ0) is 13.0. The summed E-state index contributed by atoms with van der Waals surface area (Å²) in [5.41, 5.74) is 6.96. The van der Waals surface area contributed by atoms with E-state index < -0.39 is 0 Å². The summed E-state index contributed by atoms with van der Waals surface area (Å²) in [6, 6.07) is 8.30. The summed E-state index contributed by atoms with van der Waals surface area (Å²) in [5, 5.41) is 3.01. The van der Waals surface area contributed by atoms with Gasteiger partial charge in [0, 0.05) is 23.0 Å². The number of rotatable bonds is 3. The van der Waals surface area contributed by atoms with E-state index in [4.69, 9.17) is 5.73 Å². The monoisotopic (exact) mass is 310 g/mol. The lowest BCUT2D eigenvalue weighted by Crippen LogP contribution is -2.35. The summed E-state index contributed by atoms with van der Waals surface area (Å²) in [6.45, 7) is 0.606. The van der Waals surface area contributed by atoms with Gasteiger partial charge in [-0.2, -0.15) is 0 Å². The van der Waals surface area contributed by atoms with E-state index in [1.807, 2.05) is 24.3 Å². The quantitative estimate of drug-likeness (QED) is 0.901. The van der Waals surface area contributed by atoms with Crippen LogP contribution in [0.15, 0.2) is 28.7 Å². The van der Waals surface area contributed by atoms with Gasteiger partial charge in [0.2, 0.25) is 5.91 Å². The number of benzene rings is 1. The second-order valence-electron chi connectivity index (χ2n) is 4.96. The molecule has 18 heavy (non-hydrogen) atoms. The van der Waals surface area contributed by atoms with Gasteiger partial charge in [-0.1, -0.05) is 28.1 Å². The molecule has 0 unspecified atom stereocenters. The molecule has 0 heterocycles. The lowest BCUT2D eigenvalue weighted by Gasteiger charge is -2.25. The fourth-order valence-electron chi connectivity index (χ4n) is 2.32. The van der Waals surface area contributed by atoms with Gasteiger partial charge in [-0.3, -0.25) is 4.79 Å². The molecule has 0 radical (unpaired) electrons. The lowest BCUT2D eigenvalue weighted by atomic mass is 9.86. The van der Waals surface area contributed by atoms with Crippen molar-refractivity contribution in [3.8, 4) is 0 Å². The smallest absolute Gasteiger partial charge is 0.223 e. The van der Waals surface area contributed by atoms with Crippen molar-refractivity contribution in [3.63, 3.8) is 0 Å². The van der Waals surface area contributed by atoms with Crippen LogP contribution in [0.25, 0.3) is 0 Å². The Morgan fingerprint density at radius 1 is 1.22 bits per heavy atom. The molecule has 3 N–H and O–H groups in total. The molecular formula is C14H19BrN2O. The van der Waals surface area contributed by atoms with Gasteiger partial charge in [0.05, 0.1) is 0 Å². The van der Waals surface area contributed by atoms with Crippen LogP contribution in [0.4, 0.5) is 0 Å². The number of carbonyl (C=O) groups excluding carboxylic acids is 1. The van der Waals surface area contributed by atoms with Gasteiger partial charge in [0.25, 0.3) is 0 Å². The molecule has 1 aromatic rings. The molecule has 3 nitrogen and oxygen atoms in total. The zero-order valence-electron chi connectivity index (χ0n) is 10.4. The molecule has 2 rings (SSSR count). The Hall–Kier alpha value is -0.870. The summed E-state index contributed by atoms with van der Waals surface area (Å²) in [6.07, 6.45) is 3.79. The Balaban J connectivity index is 1.79. The molecule has 0 atom stereocenters. The van der Waals surface area contributed by atoms with Crippen LogP contribution in [-0.2, 0) is 11.3 Å². The van der Waals surface area contributed by atoms with E-state index in [9.17, 15) is 4.79 Å². The molecule has 0 saturated heterocycles. The average Bonchev–Trinajstić information content (AvgIpc) is 2.38. The van der Waals surface area contributed by atoms with Crippen LogP contribution in [0.5, 0.6) is 0 Å². The summed E-state index contributed by atoms with van der Waals surface area (Å²) in [5.74, 6) is 0.324. The van der Waals surface area contributed by atoms with Gasteiger partial charge in [0.1, 0.15) is 0 Å². The Bertz CT molecular complexity index is 397. The minimum atomic E-state index is 0.153. The molecule has 1 saturated carbocycles. The van der Waals surface area contributed by atoms with Crippen LogP contribution in [-0.4, -0.2) is 11.9 Å². The minimum Gasteiger partial charge on any atom is -0.352 e. The van der Waals surface area contributed by atoms with Gasteiger partial charge >= 0.3 is 0 Å². The molecule has 1 amide bonds. The van der Waals surface area contributed by atoms with Crippen LogP contribution < -0.4 is 11.1 Å². The normalized spacial score (nSPS) is 23.7. The number of hydrogen-bond donors (Lipinski definition) is 2. The first-order valence-electron chi connectivity index (χ1n) is 6.43. The molecular weight excluding hydrogens is 292 g/mol. The summed E-state index contributed by atoms with van der Waals surface area (Å²) in [4.78, 5) is 12.0. The SMILES string of the molecule is NC1CCC(C(=O)NCc2ccc(Br)cc2)CC1. The molecule has 1 fully saturated rings. The topological polar surface area (TPSA) is 55.1 Å². The highest BCUT2D eigenvalue weighted by Crippen LogP contribution is 2.23. The lowest BCUT2D eigenvalue weighted by molar-refractivity contribution is -0.126. The Kier molecular flexibility index (Phi) is 4.78. The number of hydrogen-bond acceptors (Lipinski definition) is 2. The zero-order valence-corrected chi connectivity index (χ0v) is 11.9. The van der Waals surface area contributed by atoms with Crippen molar-refractivity contribution in [1.29, 1.82) is 0 Å². The molecule has 98 valence electrons.